The molecule has 1 amide bonds. The maximum absolute atomic E-state index is 12.4. The summed E-state index contributed by atoms with van der Waals surface area (Å²) in [6.45, 7) is 2.97. The molecule has 0 unspecified atom stereocenters. The zero-order valence-corrected chi connectivity index (χ0v) is 12.3. The summed E-state index contributed by atoms with van der Waals surface area (Å²) in [6, 6.07) is 7.45. The van der Waals surface area contributed by atoms with Gasteiger partial charge in [0.25, 0.3) is 5.91 Å². The van der Waals surface area contributed by atoms with Crippen molar-refractivity contribution in [1.29, 1.82) is 0 Å². The number of rotatable bonds is 4. The number of hydrogen-bond donors (Lipinski definition) is 1. The van der Waals surface area contributed by atoms with Gasteiger partial charge >= 0.3 is 0 Å². The van der Waals surface area contributed by atoms with Crippen LogP contribution in [0, 0.1) is 0 Å². The quantitative estimate of drug-likeness (QED) is 0.940. The molecule has 0 bridgehead atoms. The topological polar surface area (TPSA) is 64.2 Å². The maximum atomic E-state index is 12.4. The predicted molar refractivity (Wildman–Crippen MR) is 79.5 cm³/mol. The van der Waals surface area contributed by atoms with E-state index in [0.29, 0.717) is 23.8 Å². The molecule has 2 rings (SSSR count). The lowest BCUT2D eigenvalue weighted by Gasteiger charge is -2.20. The second-order valence-electron chi connectivity index (χ2n) is 4.56. The Bertz CT molecular complexity index is 623. The summed E-state index contributed by atoms with van der Waals surface area (Å²) < 4.78 is 1.54. The fourth-order valence-corrected chi connectivity index (χ4v) is 2.22. The van der Waals surface area contributed by atoms with E-state index in [1.807, 2.05) is 25.1 Å². The first kappa shape index (κ1) is 14.4. The Balaban J connectivity index is 2.20. The monoisotopic (exact) mass is 292 g/mol. The molecule has 6 heteroatoms. The van der Waals surface area contributed by atoms with Crippen LogP contribution < -0.4 is 5.73 Å². The summed E-state index contributed by atoms with van der Waals surface area (Å²) in [4.78, 5) is 14.1. The van der Waals surface area contributed by atoms with E-state index in [4.69, 9.17) is 17.3 Å². The number of aromatic nitrogens is 2. The van der Waals surface area contributed by atoms with Crippen LogP contribution in [0.5, 0.6) is 0 Å². The van der Waals surface area contributed by atoms with Crippen molar-refractivity contribution in [3.05, 3.63) is 46.7 Å². The van der Waals surface area contributed by atoms with Crippen molar-refractivity contribution in [3.8, 4) is 0 Å². The highest BCUT2D eigenvalue weighted by Crippen LogP contribution is 2.16. The van der Waals surface area contributed by atoms with E-state index in [2.05, 4.69) is 5.10 Å². The molecule has 2 aromatic rings. The van der Waals surface area contributed by atoms with Crippen LogP contribution in [0.4, 0.5) is 5.69 Å². The van der Waals surface area contributed by atoms with Crippen molar-refractivity contribution in [2.75, 3.05) is 12.3 Å². The molecule has 0 fully saturated rings. The van der Waals surface area contributed by atoms with Gasteiger partial charge < -0.3 is 10.6 Å². The molecule has 0 atom stereocenters. The van der Waals surface area contributed by atoms with Gasteiger partial charge in [-0.3, -0.25) is 9.48 Å². The van der Waals surface area contributed by atoms with E-state index >= 15 is 0 Å². The molecular formula is C14H17ClN4O. The summed E-state index contributed by atoms with van der Waals surface area (Å²) in [7, 11) is 1.74. The van der Waals surface area contributed by atoms with Crippen molar-refractivity contribution in [2.24, 2.45) is 7.05 Å². The standard InChI is InChI=1S/C14H17ClN4O/c1-3-19(8-10-5-4-6-11(15)7-10)14(20)13-12(16)9-18(2)17-13/h4-7,9H,3,8,16H2,1-2H3. The Kier molecular flexibility index (Phi) is 4.29. The lowest BCUT2D eigenvalue weighted by atomic mass is 10.2. The zero-order valence-electron chi connectivity index (χ0n) is 11.5. The van der Waals surface area contributed by atoms with Crippen molar-refractivity contribution < 1.29 is 4.79 Å². The van der Waals surface area contributed by atoms with Gasteiger partial charge in [0.1, 0.15) is 0 Å². The number of amides is 1. The number of halogens is 1. The third-order valence-electron chi connectivity index (χ3n) is 2.99. The third-order valence-corrected chi connectivity index (χ3v) is 3.23. The highest BCUT2D eigenvalue weighted by molar-refractivity contribution is 6.30. The third kappa shape index (κ3) is 3.11. The van der Waals surface area contributed by atoms with Gasteiger partial charge in [-0.05, 0) is 24.6 Å². The van der Waals surface area contributed by atoms with Gasteiger partial charge in [-0.15, -0.1) is 0 Å². The lowest BCUT2D eigenvalue weighted by molar-refractivity contribution is 0.0747. The number of nitrogen functional groups attached to an aromatic ring is 1. The number of carbonyl (C=O) groups is 1. The van der Waals surface area contributed by atoms with Crippen LogP contribution in [0.3, 0.4) is 0 Å². The van der Waals surface area contributed by atoms with Crippen LogP contribution in [0.2, 0.25) is 5.02 Å². The van der Waals surface area contributed by atoms with E-state index < -0.39 is 0 Å². The minimum Gasteiger partial charge on any atom is -0.396 e. The van der Waals surface area contributed by atoms with Crippen molar-refractivity contribution in [2.45, 2.75) is 13.5 Å². The first-order valence-corrected chi connectivity index (χ1v) is 6.72. The molecule has 1 aromatic heterocycles. The van der Waals surface area contributed by atoms with Gasteiger partial charge in [-0.2, -0.15) is 5.10 Å². The van der Waals surface area contributed by atoms with E-state index in [9.17, 15) is 4.79 Å². The summed E-state index contributed by atoms with van der Waals surface area (Å²) in [5, 5.41) is 4.77. The van der Waals surface area contributed by atoms with Crippen LogP contribution in [0.25, 0.3) is 0 Å². The molecule has 5 nitrogen and oxygen atoms in total. The van der Waals surface area contributed by atoms with Crippen molar-refractivity contribution >= 4 is 23.2 Å². The molecule has 0 radical (unpaired) electrons. The largest absolute Gasteiger partial charge is 0.396 e. The van der Waals surface area contributed by atoms with E-state index in [1.165, 1.54) is 4.68 Å². The molecule has 106 valence electrons. The molecule has 0 aliphatic carbocycles. The van der Waals surface area contributed by atoms with Crippen LogP contribution >= 0.6 is 11.6 Å². The fraction of sp³-hybridized carbons (Fsp3) is 0.286. The number of anilines is 1. The fourth-order valence-electron chi connectivity index (χ4n) is 2.01. The highest BCUT2D eigenvalue weighted by Gasteiger charge is 2.20. The number of nitrogens with two attached hydrogens (primary N) is 1. The highest BCUT2D eigenvalue weighted by atomic mass is 35.5. The van der Waals surface area contributed by atoms with Crippen LogP contribution in [-0.2, 0) is 13.6 Å². The molecule has 1 heterocycles. The van der Waals surface area contributed by atoms with Crippen LogP contribution in [0.15, 0.2) is 30.5 Å². The molecule has 0 aliphatic heterocycles. The average molecular weight is 293 g/mol. The number of nitrogens with zero attached hydrogens (tertiary/aromatic N) is 3. The summed E-state index contributed by atoms with van der Waals surface area (Å²) in [5.41, 5.74) is 7.45. The Morgan fingerprint density at radius 3 is 2.80 bits per heavy atom. The Morgan fingerprint density at radius 1 is 1.50 bits per heavy atom. The molecule has 0 saturated carbocycles. The number of carbonyl (C=O) groups excluding carboxylic acids is 1. The van der Waals surface area contributed by atoms with E-state index in [0.717, 1.165) is 5.56 Å². The zero-order chi connectivity index (χ0) is 14.7. The SMILES string of the molecule is CCN(Cc1cccc(Cl)c1)C(=O)c1nn(C)cc1N. The maximum Gasteiger partial charge on any atom is 0.276 e. The van der Waals surface area contributed by atoms with Gasteiger partial charge in [-0.25, -0.2) is 0 Å². The predicted octanol–water partition coefficient (Wildman–Crippen LogP) is 2.32. The Labute approximate surface area is 122 Å². The Hall–Kier alpha value is -2.01. The second kappa shape index (κ2) is 5.96. The number of hydrogen-bond acceptors (Lipinski definition) is 3. The average Bonchev–Trinajstić information content (AvgIpc) is 2.74. The summed E-state index contributed by atoms with van der Waals surface area (Å²) in [6.07, 6.45) is 1.63. The van der Waals surface area contributed by atoms with Gasteiger partial charge in [-0.1, -0.05) is 23.7 Å². The molecular weight excluding hydrogens is 276 g/mol. The molecule has 0 spiro atoms. The second-order valence-corrected chi connectivity index (χ2v) is 4.99. The lowest BCUT2D eigenvalue weighted by Crippen LogP contribution is -2.31. The van der Waals surface area contributed by atoms with Gasteiger partial charge in [0, 0.05) is 31.4 Å². The number of aryl methyl sites for hydroxylation is 1. The van der Waals surface area contributed by atoms with Crippen LogP contribution in [-0.4, -0.2) is 27.1 Å². The molecule has 2 N–H and O–H groups in total. The molecule has 1 aromatic carbocycles. The van der Waals surface area contributed by atoms with E-state index in [1.54, 1.807) is 24.2 Å². The van der Waals surface area contributed by atoms with E-state index in [-0.39, 0.29) is 11.6 Å². The van der Waals surface area contributed by atoms with Crippen molar-refractivity contribution in [1.82, 2.24) is 14.7 Å². The Morgan fingerprint density at radius 2 is 2.25 bits per heavy atom. The smallest absolute Gasteiger partial charge is 0.276 e. The summed E-state index contributed by atoms with van der Waals surface area (Å²) >= 11 is 5.96. The van der Waals surface area contributed by atoms with Crippen molar-refractivity contribution in [3.63, 3.8) is 0 Å². The van der Waals surface area contributed by atoms with Gasteiger partial charge in [0.05, 0.1) is 5.69 Å². The minimum atomic E-state index is -0.175. The van der Waals surface area contributed by atoms with Gasteiger partial charge in [0.2, 0.25) is 0 Å². The molecule has 0 aliphatic rings. The minimum absolute atomic E-state index is 0.175. The summed E-state index contributed by atoms with van der Waals surface area (Å²) in [5.74, 6) is -0.175. The first-order valence-electron chi connectivity index (χ1n) is 6.34. The van der Waals surface area contributed by atoms with Gasteiger partial charge in [0.15, 0.2) is 5.69 Å². The first-order chi connectivity index (χ1) is 9.51. The normalized spacial score (nSPS) is 10.6. The van der Waals surface area contributed by atoms with Crippen LogP contribution in [0.1, 0.15) is 23.0 Å². The molecule has 0 saturated heterocycles. The molecule has 20 heavy (non-hydrogen) atoms. The number of benzene rings is 1.